The number of aromatic hydroxyl groups is 1. The highest BCUT2D eigenvalue weighted by molar-refractivity contribution is 7.99. The zero-order valence-corrected chi connectivity index (χ0v) is 15.2. The Kier molecular flexibility index (Phi) is 5.59. The normalized spacial score (nSPS) is 18.0. The minimum absolute atomic E-state index is 0.0351. The summed E-state index contributed by atoms with van der Waals surface area (Å²) in [6, 6.07) is 4.52. The fourth-order valence-electron chi connectivity index (χ4n) is 2.47. The zero-order valence-electron chi connectivity index (χ0n) is 13.5. The lowest BCUT2D eigenvalue weighted by molar-refractivity contribution is -0.131. The van der Waals surface area contributed by atoms with Gasteiger partial charge in [-0.25, -0.2) is 8.42 Å². The van der Waals surface area contributed by atoms with Crippen LogP contribution in [0.15, 0.2) is 23.1 Å². The van der Waals surface area contributed by atoms with Gasteiger partial charge in [0.2, 0.25) is 15.9 Å². The van der Waals surface area contributed by atoms with E-state index in [1.807, 2.05) is 13.2 Å². The molecule has 8 heteroatoms. The predicted molar refractivity (Wildman–Crippen MR) is 91.2 cm³/mol. The van der Waals surface area contributed by atoms with E-state index in [-0.39, 0.29) is 34.9 Å². The van der Waals surface area contributed by atoms with Gasteiger partial charge in [-0.15, -0.1) is 0 Å². The molecule has 0 spiro atoms. The molecular formula is C15H22N2O4S2. The Bertz CT molecular complexity index is 683. The van der Waals surface area contributed by atoms with Crippen molar-refractivity contribution in [2.45, 2.75) is 24.0 Å². The summed E-state index contributed by atoms with van der Waals surface area (Å²) in [6.45, 7) is 4.84. The molecule has 6 nitrogen and oxygen atoms in total. The largest absolute Gasteiger partial charge is 0.507 e. The number of rotatable bonds is 4. The smallest absolute Gasteiger partial charge is 0.246 e. The maximum atomic E-state index is 12.7. The zero-order chi connectivity index (χ0) is 17.2. The van der Waals surface area contributed by atoms with Gasteiger partial charge in [0.05, 0.1) is 5.25 Å². The van der Waals surface area contributed by atoms with Crippen LogP contribution in [0, 0.1) is 6.92 Å². The molecule has 1 saturated heterocycles. The monoisotopic (exact) mass is 358 g/mol. The fraction of sp³-hybridized carbons (Fsp3) is 0.533. The van der Waals surface area contributed by atoms with Crippen molar-refractivity contribution in [1.29, 1.82) is 0 Å². The molecule has 1 amide bonds. The molecule has 1 N–H and O–H groups in total. The fourth-order valence-corrected chi connectivity index (χ4v) is 4.41. The molecule has 0 aliphatic carbocycles. The van der Waals surface area contributed by atoms with Crippen LogP contribution in [0.5, 0.6) is 5.75 Å². The van der Waals surface area contributed by atoms with Gasteiger partial charge >= 0.3 is 0 Å². The molecule has 1 aliphatic heterocycles. The van der Waals surface area contributed by atoms with E-state index >= 15 is 0 Å². The van der Waals surface area contributed by atoms with E-state index in [1.54, 1.807) is 17.9 Å². The molecule has 2 rings (SSSR count). The van der Waals surface area contributed by atoms with Gasteiger partial charge in [0.25, 0.3) is 0 Å². The van der Waals surface area contributed by atoms with Gasteiger partial charge in [0.15, 0.2) is 0 Å². The first-order valence-electron chi connectivity index (χ1n) is 7.38. The van der Waals surface area contributed by atoms with Crippen LogP contribution < -0.4 is 0 Å². The number of carbonyl (C=O) groups is 1. The second-order valence-corrected chi connectivity index (χ2v) is 8.66. The number of aryl methyl sites for hydroxylation is 1. The molecule has 128 valence electrons. The number of amides is 1. The molecule has 0 bridgehead atoms. The molecule has 1 aromatic carbocycles. The molecule has 1 aromatic rings. The van der Waals surface area contributed by atoms with Gasteiger partial charge in [-0.1, -0.05) is 6.07 Å². The summed E-state index contributed by atoms with van der Waals surface area (Å²) in [5, 5.41) is 9.75. The van der Waals surface area contributed by atoms with Crippen molar-refractivity contribution in [3.05, 3.63) is 23.8 Å². The number of phenolic OH excluding ortho intramolecular Hbond substituents is 1. The summed E-state index contributed by atoms with van der Waals surface area (Å²) in [7, 11) is -3.75. The lowest BCUT2D eigenvalue weighted by Crippen LogP contribution is -2.52. The van der Waals surface area contributed by atoms with Gasteiger partial charge in [0.1, 0.15) is 10.6 Å². The number of hydrogen-bond acceptors (Lipinski definition) is 5. The van der Waals surface area contributed by atoms with E-state index in [4.69, 9.17) is 0 Å². The topological polar surface area (TPSA) is 77.9 Å². The lowest BCUT2D eigenvalue weighted by Gasteiger charge is -2.35. The second kappa shape index (κ2) is 7.11. The highest BCUT2D eigenvalue weighted by Gasteiger charge is 2.32. The van der Waals surface area contributed by atoms with Crippen LogP contribution in [0.25, 0.3) is 0 Å². The van der Waals surface area contributed by atoms with Crippen molar-refractivity contribution in [1.82, 2.24) is 9.21 Å². The minimum atomic E-state index is -3.75. The van der Waals surface area contributed by atoms with Crippen LogP contribution in [-0.2, 0) is 14.8 Å². The number of piperazine rings is 1. The number of hydrogen-bond donors (Lipinski definition) is 1. The van der Waals surface area contributed by atoms with Crippen molar-refractivity contribution >= 4 is 27.7 Å². The summed E-state index contributed by atoms with van der Waals surface area (Å²) in [5.41, 5.74) is 0.768. The molecule has 0 aromatic heterocycles. The maximum absolute atomic E-state index is 12.7. The Morgan fingerprint density at radius 2 is 1.87 bits per heavy atom. The van der Waals surface area contributed by atoms with Crippen molar-refractivity contribution < 1.29 is 18.3 Å². The van der Waals surface area contributed by atoms with Crippen LogP contribution in [0.3, 0.4) is 0 Å². The van der Waals surface area contributed by atoms with Crippen molar-refractivity contribution in [2.75, 3.05) is 32.4 Å². The minimum Gasteiger partial charge on any atom is -0.507 e. The first kappa shape index (κ1) is 18.1. The second-order valence-electron chi connectivity index (χ2n) is 5.58. The third-order valence-corrected chi connectivity index (χ3v) is 6.82. The van der Waals surface area contributed by atoms with Crippen molar-refractivity contribution in [2.24, 2.45) is 0 Å². The highest BCUT2D eigenvalue weighted by atomic mass is 32.2. The summed E-state index contributed by atoms with van der Waals surface area (Å²) >= 11 is 1.48. The van der Waals surface area contributed by atoms with E-state index in [2.05, 4.69) is 0 Å². The summed E-state index contributed by atoms with van der Waals surface area (Å²) in [5.74, 6) is -0.210. The van der Waals surface area contributed by atoms with E-state index in [0.29, 0.717) is 13.1 Å². The number of carbonyl (C=O) groups excluding carboxylic acids is 1. The summed E-state index contributed by atoms with van der Waals surface area (Å²) < 4.78 is 26.7. The van der Waals surface area contributed by atoms with Crippen LogP contribution in [-0.4, -0.2) is 66.3 Å². The number of thioether (sulfide) groups is 1. The van der Waals surface area contributed by atoms with Crippen molar-refractivity contribution in [3.63, 3.8) is 0 Å². The number of benzene rings is 1. The van der Waals surface area contributed by atoms with E-state index < -0.39 is 10.0 Å². The molecule has 0 radical (unpaired) electrons. The van der Waals surface area contributed by atoms with Crippen LogP contribution in [0.4, 0.5) is 0 Å². The third-order valence-electron chi connectivity index (χ3n) is 3.98. The van der Waals surface area contributed by atoms with Crippen LogP contribution in [0.2, 0.25) is 0 Å². The number of phenols is 1. The molecule has 1 fully saturated rings. The average Bonchev–Trinajstić information content (AvgIpc) is 2.55. The molecular weight excluding hydrogens is 336 g/mol. The quantitative estimate of drug-likeness (QED) is 0.877. The standard InChI is InChI=1S/C15H22N2O4S2/c1-11-4-5-13(18)14(10-11)23(20,21)17-8-6-16(7-9-17)15(19)12(2)22-3/h4-5,10,12,18H,6-9H2,1-3H3/t12-/m1/s1. The van der Waals surface area contributed by atoms with Crippen LogP contribution in [0.1, 0.15) is 12.5 Å². The number of sulfonamides is 1. The Hall–Kier alpha value is -1.25. The van der Waals surface area contributed by atoms with Gasteiger partial charge < -0.3 is 10.0 Å². The lowest BCUT2D eigenvalue weighted by atomic mass is 10.2. The van der Waals surface area contributed by atoms with E-state index in [9.17, 15) is 18.3 Å². The van der Waals surface area contributed by atoms with Gasteiger partial charge in [-0.3, -0.25) is 4.79 Å². The van der Waals surface area contributed by atoms with Gasteiger partial charge in [-0.05, 0) is 37.8 Å². The molecule has 23 heavy (non-hydrogen) atoms. The van der Waals surface area contributed by atoms with Gasteiger partial charge in [0, 0.05) is 26.2 Å². The number of nitrogens with zero attached hydrogens (tertiary/aromatic N) is 2. The summed E-state index contributed by atoms with van der Waals surface area (Å²) in [6.07, 6.45) is 1.88. The molecule has 0 saturated carbocycles. The SMILES string of the molecule is CS[C@H](C)C(=O)N1CCN(S(=O)(=O)c2cc(C)ccc2O)CC1. The maximum Gasteiger partial charge on any atom is 0.246 e. The first-order chi connectivity index (χ1) is 10.8. The summed E-state index contributed by atoms with van der Waals surface area (Å²) in [4.78, 5) is 13.8. The Balaban J connectivity index is 2.13. The average molecular weight is 358 g/mol. The van der Waals surface area contributed by atoms with Gasteiger partial charge in [-0.2, -0.15) is 16.1 Å². The molecule has 1 atom stereocenters. The third kappa shape index (κ3) is 3.81. The van der Waals surface area contributed by atoms with E-state index in [0.717, 1.165) is 5.56 Å². The van der Waals surface area contributed by atoms with Crippen molar-refractivity contribution in [3.8, 4) is 5.75 Å². The first-order valence-corrected chi connectivity index (χ1v) is 10.1. The Labute approximate surface area is 141 Å². The Morgan fingerprint density at radius 3 is 2.43 bits per heavy atom. The highest BCUT2D eigenvalue weighted by Crippen LogP contribution is 2.27. The predicted octanol–water partition coefficient (Wildman–Crippen LogP) is 1.29. The molecule has 1 aliphatic rings. The molecule has 1 heterocycles. The van der Waals surface area contributed by atoms with E-state index in [1.165, 1.54) is 28.2 Å². The molecule has 0 unspecified atom stereocenters. The van der Waals surface area contributed by atoms with Crippen LogP contribution >= 0.6 is 11.8 Å². The Morgan fingerprint density at radius 1 is 1.26 bits per heavy atom.